The molecule has 134 valence electrons. The summed E-state index contributed by atoms with van der Waals surface area (Å²) in [5.41, 5.74) is 0.601. The van der Waals surface area contributed by atoms with Crippen molar-refractivity contribution in [1.29, 1.82) is 0 Å². The first-order valence-corrected chi connectivity index (χ1v) is 8.84. The van der Waals surface area contributed by atoms with Gasteiger partial charge in [-0.05, 0) is 61.4 Å². The first-order valence-electron chi connectivity index (χ1n) is 7.89. The van der Waals surface area contributed by atoms with E-state index in [4.69, 9.17) is 4.74 Å². The molecule has 0 spiro atoms. The van der Waals surface area contributed by atoms with Crippen molar-refractivity contribution in [2.24, 2.45) is 9.98 Å². The number of aliphatic imine (C=N–C) groups is 2. The van der Waals surface area contributed by atoms with E-state index in [1.54, 1.807) is 45.2 Å². The Morgan fingerprint density at radius 3 is 2.77 bits per heavy atom. The minimum Gasteiger partial charge on any atom is -0.443 e. The molecule has 0 atom stereocenters. The van der Waals surface area contributed by atoms with Gasteiger partial charge in [-0.2, -0.15) is 15.9 Å². The van der Waals surface area contributed by atoms with Crippen molar-refractivity contribution in [2.45, 2.75) is 26.4 Å². The van der Waals surface area contributed by atoms with Crippen LogP contribution in [0.1, 0.15) is 26.3 Å². The summed E-state index contributed by atoms with van der Waals surface area (Å²) in [6.07, 6.45) is 7.21. The van der Waals surface area contributed by atoms with Crippen LogP contribution in [0.4, 0.5) is 4.79 Å². The number of ether oxygens (including phenoxy) is 1. The molecular formula is C18H18N4O3S. The molecule has 0 saturated heterocycles. The molecule has 1 N–H and O–H groups in total. The minimum atomic E-state index is -0.739. The van der Waals surface area contributed by atoms with Gasteiger partial charge < -0.3 is 9.72 Å². The highest BCUT2D eigenvalue weighted by Crippen LogP contribution is 2.07. The van der Waals surface area contributed by atoms with Gasteiger partial charge in [-0.1, -0.05) is 0 Å². The molecule has 8 heteroatoms. The molecule has 1 aliphatic heterocycles. The maximum absolute atomic E-state index is 12.7. The smallest absolute Gasteiger partial charge is 0.423 e. The summed E-state index contributed by atoms with van der Waals surface area (Å²) in [5, 5.41) is 4.12. The van der Waals surface area contributed by atoms with E-state index in [1.807, 2.05) is 16.8 Å². The lowest BCUT2D eigenvalue weighted by Crippen LogP contribution is -2.40. The maximum atomic E-state index is 12.7. The lowest BCUT2D eigenvalue weighted by atomic mass is 10.2. The second-order valence-corrected chi connectivity index (χ2v) is 7.31. The van der Waals surface area contributed by atoms with Crippen molar-refractivity contribution in [2.75, 3.05) is 0 Å². The number of rotatable bonds is 2. The van der Waals surface area contributed by atoms with Gasteiger partial charge in [0.25, 0.3) is 5.56 Å². The third kappa shape index (κ3) is 4.15. The van der Waals surface area contributed by atoms with Crippen LogP contribution in [-0.4, -0.2) is 33.8 Å². The Labute approximate surface area is 153 Å². The normalized spacial score (nSPS) is 16.8. The van der Waals surface area contributed by atoms with Gasteiger partial charge in [-0.3, -0.25) is 4.79 Å². The maximum Gasteiger partial charge on any atom is 0.423 e. The van der Waals surface area contributed by atoms with Crippen LogP contribution < -0.4 is 16.4 Å². The number of hydrogen-bond acceptors (Lipinski definition) is 6. The number of carbonyl (C=O) groups excluding carboxylic acids is 1. The van der Waals surface area contributed by atoms with E-state index >= 15 is 0 Å². The third-order valence-electron chi connectivity index (χ3n) is 3.26. The van der Waals surface area contributed by atoms with Crippen LogP contribution in [0.15, 0.2) is 43.4 Å². The van der Waals surface area contributed by atoms with Gasteiger partial charge in [0.05, 0.1) is 11.9 Å². The van der Waals surface area contributed by atoms with E-state index in [9.17, 15) is 9.59 Å². The van der Waals surface area contributed by atoms with Crippen molar-refractivity contribution in [3.05, 3.63) is 55.3 Å². The lowest BCUT2D eigenvalue weighted by molar-refractivity contribution is 0.0526. The molecule has 1 aliphatic rings. The Balaban J connectivity index is 2.15. The fraction of sp³-hybridized carbons (Fsp3) is 0.222. The number of allylic oxidation sites excluding steroid dienone is 2. The fourth-order valence-electron chi connectivity index (χ4n) is 2.20. The lowest BCUT2D eigenvalue weighted by Gasteiger charge is -2.18. The number of aromatic amines is 1. The predicted molar refractivity (Wildman–Crippen MR) is 103 cm³/mol. The summed E-state index contributed by atoms with van der Waals surface area (Å²) in [6, 6.07) is 1.89. The average Bonchev–Trinajstić information content (AvgIpc) is 3.27. The molecule has 2 aromatic heterocycles. The van der Waals surface area contributed by atoms with Crippen LogP contribution in [0.25, 0.3) is 12.2 Å². The number of H-pyrrole nitrogens is 1. The zero-order valence-electron chi connectivity index (χ0n) is 14.6. The summed E-state index contributed by atoms with van der Waals surface area (Å²) in [4.78, 5) is 36.2. The highest BCUT2D eigenvalue weighted by Gasteiger charge is 2.20. The van der Waals surface area contributed by atoms with Gasteiger partial charge in [0.1, 0.15) is 22.8 Å². The molecular weight excluding hydrogens is 352 g/mol. The molecule has 26 heavy (non-hydrogen) atoms. The number of imidazole rings is 1. The van der Waals surface area contributed by atoms with Crippen molar-refractivity contribution < 1.29 is 9.53 Å². The van der Waals surface area contributed by atoms with Gasteiger partial charge >= 0.3 is 6.09 Å². The summed E-state index contributed by atoms with van der Waals surface area (Å²) >= 11 is 1.52. The van der Waals surface area contributed by atoms with Gasteiger partial charge in [-0.15, -0.1) is 0 Å². The first-order chi connectivity index (χ1) is 12.3. The molecule has 3 heterocycles. The van der Waals surface area contributed by atoms with Crippen LogP contribution in [0, 0.1) is 0 Å². The van der Waals surface area contributed by atoms with Crippen molar-refractivity contribution in [3.63, 3.8) is 0 Å². The van der Waals surface area contributed by atoms with Crippen LogP contribution in [0.5, 0.6) is 0 Å². The molecule has 3 rings (SSSR count). The second-order valence-electron chi connectivity index (χ2n) is 6.53. The summed E-state index contributed by atoms with van der Waals surface area (Å²) in [6.45, 7) is 5.24. The van der Waals surface area contributed by atoms with E-state index in [0.717, 1.165) is 10.1 Å². The van der Waals surface area contributed by atoms with Gasteiger partial charge in [0.15, 0.2) is 0 Å². The fourth-order valence-corrected chi connectivity index (χ4v) is 2.82. The van der Waals surface area contributed by atoms with E-state index in [0.29, 0.717) is 16.5 Å². The van der Waals surface area contributed by atoms with Crippen LogP contribution in [0.2, 0.25) is 0 Å². The molecule has 2 aromatic rings. The summed E-state index contributed by atoms with van der Waals surface area (Å²) in [5.74, 6) is 0. The minimum absolute atomic E-state index is 0.294. The van der Waals surface area contributed by atoms with Crippen LogP contribution in [-0.2, 0) is 4.74 Å². The quantitative estimate of drug-likeness (QED) is 0.871. The molecule has 0 aliphatic carbocycles. The SMILES string of the molecule is CC(C)(C)OC(=O)n1c(=CC=C2C=NC=N2)[nH]/c(=C\c2ccsc2)c1=O. The van der Waals surface area contributed by atoms with E-state index in [1.165, 1.54) is 17.7 Å². The second kappa shape index (κ2) is 7.09. The van der Waals surface area contributed by atoms with Gasteiger partial charge in [0.2, 0.25) is 0 Å². The Bertz CT molecular complexity index is 1060. The Hall–Kier alpha value is -3.00. The first kappa shape index (κ1) is 17.8. The number of nitrogens with one attached hydrogen (secondary N) is 1. The number of hydrogen-bond donors (Lipinski definition) is 1. The van der Waals surface area contributed by atoms with E-state index < -0.39 is 17.3 Å². The molecule has 0 radical (unpaired) electrons. The number of aromatic nitrogens is 2. The monoisotopic (exact) mass is 370 g/mol. The third-order valence-corrected chi connectivity index (χ3v) is 3.96. The van der Waals surface area contributed by atoms with Crippen LogP contribution >= 0.6 is 11.3 Å². The summed E-state index contributed by atoms with van der Waals surface area (Å²) in [7, 11) is 0. The predicted octanol–water partition coefficient (Wildman–Crippen LogP) is 1.63. The standard InChI is InChI=1S/C18H18N4O3S/c1-18(2,3)25-17(24)22-15(5-4-13-9-19-11-20-13)21-14(16(22)23)8-12-6-7-26-10-12/h4-11,21H,1-3H3/b13-4?,14-8-,15-5?. The average molecular weight is 370 g/mol. The molecule has 0 fully saturated rings. The molecule has 0 unspecified atom stereocenters. The Morgan fingerprint density at radius 1 is 1.35 bits per heavy atom. The van der Waals surface area contributed by atoms with Crippen LogP contribution in [0.3, 0.4) is 0 Å². The molecule has 0 bridgehead atoms. The van der Waals surface area contributed by atoms with Gasteiger partial charge in [0, 0.05) is 0 Å². The Morgan fingerprint density at radius 2 is 2.15 bits per heavy atom. The molecule has 0 aromatic carbocycles. The van der Waals surface area contributed by atoms with Gasteiger partial charge in [-0.25, -0.2) is 14.8 Å². The van der Waals surface area contributed by atoms with Crippen molar-refractivity contribution in [3.8, 4) is 0 Å². The van der Waals surface area contributed by atoms with Crippen molar-refractivity contribution in [1.82, 2.24) is 9.55 Å². The zero-order valence-corrected chi connectivity index (χ0v) is 15.4. The van der Waals surface area contributed by atoms with E-state index in [-0.39, 0.29) is 0 Å². The topological polar surface area (TPSA) is 88.8 Å². The highest BCUT2D eigenvalue weighted by atomic mass is 32.1. The zero-order chi connectivity index (χ0) is 18.7. The van der Waals surface area contributed by atoms with Crippen molar-refractivity contribution >= 4 is 42.1 Å². The molecule has 7 nitrogen and oxygen atoms in total. The number of carbonyl (C=O) groups is 1. The largest absolute Gasteiger partial charge is 0.443 e. The Kier molecular flexibility index (Phi) is 4.85. The molecule has 0 saturated carbocycles. The highest BCUT2D eigenvalue weighted by molar-refractivity contribution is 7.08. The number of nitrogens with zero attached hydrogens (tertiary/aromatic N) is 3. The summed E-state index contributed by atoms with van der Waals surface area (Å²) < 4.78 is 6.34. The number of thiophene rings is 1. The molecule has 0 amide bonds. The van der Waals surface area contributed by atoms with E-state index in [2.05, 4.69) is 15.0 Å².